The molecule has 0 aliphatic heterocycles. The number of phenolic OH excluding ortho intramolecular Hbond substituents is 2. The Labute approximate surface area is 188 Å². The summed E-state index contributed by atoms with van der Waals surface area (Å²) >= 11 is 5.81. The smallest absolute Gasteiger partial charge is 0.342 e. The number of carbonyl (C=O) groups is 2. The molecule has 0 aromatic heterocycles. The van der Waals surface area contributed by atoms with Crippen molar-refractivity contribution >= 4 is 29.7 Å². The first-order valence-electron chi connectivity index (χ1n) is 8.93. The highest BCUT2D eigenvalue weighted by Gasteiger charge is 2.24. The molecule has 3 N–H and O–H groups in total. The van der Waals surface area contributed by atoms with Crippen molar-refractivity contribution in [3.05, 3.63) is 34.3 Å². The number of nitrogens with one attached hydrogen (secondary N) is 1. The van der Waals surface area contributed by atoms with Gasteiger partial charge in [-0.05, 0) is 6.07 Å². The van der Waals surface area contributed by atoms with Gasteiger partial charge in [-0.3, -0.25) is 4.79 Å². The van der Waals surface area contributed by atoms with E-state index in [0.29, 0.717) is 6.41 Å². The summed E-state index contributed by atoms with van der Waals surface area (Å²) in [5.74, 6) is -1.46. The number of amides is 1. The summed E-state index contributed by atoms with van der Waals surface area (Å²) in [6, 6.07) is 3.41. The highest BCUT2D eigenvalue weighted by atomic mass is 35.5. The number of halogens is 1. The molecule has 32 heavy (non-hydrogen) atoms. The van der Waals surface area contributed by atoms with Gasteiger partial charge in [-0.15, -0.1) is 0 Å². The number of carbonyl (C=O) groups excluding carboxylic acids is 2. The summed E-state index contributed by atoms with van der Waals surface area (Å²) in [6.45, 7) is -0.741. The van der Waals surface area contributed by atoms with Gasteiger partial charge in [-0.1, -0.05) is 11.6 Å². The van der Waals surface area contributed by atoms with Crippen LogP contribution in [-0.2, 0) is 25.6 Å². The average molecular weight is 472 g/mol. The topological polar surface area (TPSA) is 142 Å². The molecule has 0 heterocycles. The minimum absolute atomic E-state index is 0.0985. The lowest BCUT2D eigenvalue weighted by atomic mass is 10.1. The van der Waals surface area contributed by atoms with E-state index >= 15 is 0 Å². The van der Waals surface area contributed by atoms with E-state index in [2.05, 4.69) is 5.32 Å². The number of ether oxygens (including phenoxy) is 6. The van der Waals surface area contributed by atoms with Crippen molar-refractivity contribution < 1.29 is 48.2 Å². The number of methoxy groups -OCH3 is 3. The number of rotatable bonds is 12. The van der Waals surface area contributed by atoms with E-state index < -0.39 is 24.1 Å². The Balaban J connectivity index is 2.48. The van der Waals surface area contributed by atoms with Gasteiger partial charge in [0.2, 0.25) is 6.41 Å². The molecule has 174 valence electrons. The molecule has 1 amide bonds. The van der Waals surface area contributed by atoms with Crippen molar-refractivity contribution in [2.45, 2.75) is 6.61 Å². The van der Waals surface area contributed by atoms with Gasteiger partial charge in [-0.25, -0.2) is 4.79 Å². The Bertz CT molecular complexity index is 966. The lowest BCUT2D eigenvalue weighted by Gasteiger charge is -2.21. The van der Waals surface area contributed by atoms with Crippen molar-refractivity contribution in [3.8, 4) is 28.7 Å². The van der Waals surface area contributed by atoms with Gasteiger partial charge in [-0.2, -0.15) is 0 Å². The van der Waals surface area contributed by atoms with Gasteiger partial charge in [0.15, 0.2) is 30.8 Å². The van der Waals surface area contributed by atoms with Crippen molar-refractivity contribution in [1.29, 1.82) is 0 Å². The van der Waals surface area contributed by atoms with Crippen LogP contribution in [-0.4, -0.2) is 57.5 Å². The van der Waals surface area contributed by atoms with E-state index in [-0.39, 0.29) is 52.7 Å². The van der Waals surface area contributed by atoms with Crippen LogP contribution in [0.25, 0.3) is 0 Å². The molecule has 0 saturated heterocycles. The highest BCUT2D eigenvalue weighted by molar-refractivity contribution is 6.32. The largest absolute Gasteiger partial charge is 0.507 e. The third kappa shape index (κ3) is 5.84. The zero-order valence-electron chi connectivity index (χ0n) is 17.5. The Morgan fingerprint density at radius 3 is 2.34 bits per heavy atom. The Hall–Kier alpha value is -3.41. The van der Waals surface area contributed by atoms with Gasteiger partial charge < -0.3 is 44.0 Å². The molecule has 0 saturated carbocycles. The summed E-state index contributed by atoms with van der Waals surface area (Å²) in [7, 11) is 4.18. The zero-order chi connectivity index (χ0) is 23.7. The number of aromatic hydroxyl groups is 2. The second-order valence-electron chi connectivity index (χ2n) is 6.02. The summed E-state index contributed by atoms with van der Waals surface area (Å²) < 4.78 is 31.6. The van der Waals surface area contributed by atoms with Gasteiger partial charge in [0.1, 0.15) is 23.7 Å². The maximum Gasteiger partial charge on any atom is 0.342 e. The van der Waals surface area contributed by atoms with Crippen molar-refractivity contribution in [3.63, 3.8) is 0 Å². The third-order valence-electron chi connectivity index (χ3n) is 4.00. The molecule has 11 nitrogen and oxygen atoms in total. The second kappa shape index (κ2) is 11.8. The average Bonchev–Trinajstić information content (AvgIpc) is 2.77. The fourth-order valence-corrected chi connectivity index (χ4v) is 2.81. The summed E-state index contributed by atoms with van der Waals surface area (Å²) in [5, 5.41) is 21.8. The van der Waals surface area contributed by atoms with Crippen LogP contribution in [0.5, 0.6) is 28.7 Å². The predicted molar refractivity (Wildman–Crippen MR) is 112 cm³/mol. The molecule has 0 unspecified atom stereocenters. The Kier molecular flexibility index (Phi) is 9.20. The number of anilines is 1. The van der Waals surface area contributed by atoms with E-state index in [1.54, 1.807) is 0 Å². The van der Waals surface area contributed by atoms with E-state index in [1.165, 1.54) is 27.4 Å². The van der Waals surface area contributed by atoms with Crippen molar-refractivity contribution in [1.82, 2.24) is 0 Å². The minimum atomic E-state index is -0.947. The molecule has 0 aliphatic rings. The fraction of sp³-hybridized carbons (Fsp3) is 0.300. The monoisotopic (exact) mass is 471 g/mol. The second-order valence-corrected chi connectivity index (χ2v) is 6.43. The SMILES string of the molecule is COCOc1cc(NC=O)c(OCOC)c(COC(=O)c2cc(Cl)c(O)cc2O)c1OC. The predicted octanol–water partition coefficient (Wildman–Crippen LogP) is 2.65. The molecule has 2 rings (SSSR count). The van der Waals surface area contributed by atoms with Crippen molar-refractivity contribution in [2.24, 2.45) is 0 Å². The van der Waals surface area contributed by atoms with Crippen LogP contribution in [0, 0.1) is 0 Å². The first kappa shape index (κ1) is 24.9. The lowest BCUT2D eigenvalue weighted by molar-refractivity contribution is -0.105. The Morgan fingerprint density at radius 1 is 1.03 bits per heavy atom. The molecule has 2 aromatic carbocycles. The highest BCUT2D eigenvalue weighted by Crippen LogP contribution is 2.44. The van der Waals surface area contributed by atoms with Gasteiger partial charge in [0, 0.05) is 26.4 Å². The molecule has 12 heteroatoms. The van der Waals surface area contributed by atoms with Crippen LogP contribution in [0.4, 0.5) is 5.69 Å². The van der Waals surface area contributed by atoms with Gasteiger partial charge >= 0.3 is 5.97 Å². The Morgan fingerprint density at radius 2 is 1.72 bits per heavy atom. The van der Waals surface area contributed by atoms with Crippen LogP contribution < -0.4 is 19.5 Å². The summed E-state index contributed by atoms with van der Waals surface area (Å²) in [5.41, 5.74) is 0.106. The van der Waals surface area contributed by atoms with Crippen molar-refractivity contribution in [2.75, 3.05) is 40.2 Å². The normalized spacial score (nSPS) is 10.4. The van der Waals surface area contributed by atoms with E-state index in [4.69, 9.17) is 40.0 Å². The van der Waals surface area contributed by atoms with Crippen LogP contribution in [0.15, 0.2) is 18.2 Å². The first-order valence-corrected chi connectivity index (χ1v) is 9.31. The standard InChI is InChI=1S/C20H22ClNO10/c1-27-9-31-17-5-14(22-8-23)18(32-10-28-2)12(19(17)29-3)7-30-20(26)11-4-13(21)16(25)6-15(11)24/h4-6,8,24-25H,7,9-10H2,1-3H3,(H,22,23). The van der Waals surface area contributed by atoms with Crippen LogP contribution >= 0.6 is 11.6 Å². The molecule has 0 fully saturated rings. The quantitative estimate of drug-likeness (QED) is 0.240. The van der Waals surface area contributed by atoms with Crippen LogP contribution in [0.1, 0.15) is 15.9 Å². The van der Waals surface area contributed by atoms with E-state index in [9.17, 15) is 19.8 Å². The molecule has 2 aromatic rings. The lowest BCUT2D eigenvalue weighted by Crippen LogP contribution is -2.12. The number of benzene rings is 2. The molecular weight excluding hydrogens is 450 g/mol. The maximum atomic E-state index is 12.5. The van der Waals surface area contributed by atoms with E-state index in [1.807, 2.05) is 0 Å². The molecule has 0 radical (unpaired) electrons. The molecule has 0 bridgehead atoms. The number of esters is 1. The minimum Gasteiger partial charge on any atom is -0.507 e. The first-order chi connectivity index (χ1) is 15.4. The number of hydrogen-bond acceptors (Lipinski definition) is 10. The van der Waals surface area contributed by atoms with Crippen LogP contribution in [0.3, 0.4) is 0 Å². The number of phenols is 2. The van der Waals surface area contributed by atoms with Gasteiger partial charge in [0.05, 0.1) is 23.4 Å². The van der Waals surface area contributed by atoms with Crippen LogP contribution in [0.2, 0.25) is 5.02 Å². The third-order valence-corrected chi connectivity index (χ3v) is 4.30. The molecule has 0 spiro atoms. The fourth-order valence-electron chi connectivity index (χ4n) is 2.64. The molecular formula is C20H22ClNO10. The summed E-state index contributed by atoms with van der Waals surface area (Å²) in [6.07, 6.45) is 0.424. The molecule has 0 atom stereocenters. The van der Waals surface area contributed by atoms with Gasteiger partial charge in [0.25, 0.3) is 0 Å². The maximum absolute atomic E-state index is 12.5. The number of hydrogen-bond donors (Lipinski definition) is 3. The zero-order valence-corrected chi connectivity index (χ0v) is 18.2. The molecule has 0 aliphatic carbocycles. The summed E-state index contributed by atoms with van der Waals surface area (Å²) in [4.78, 5) is 23.6. The van der Waals surface area contributed by atoms with E-state index in [0.717, 1.165) is 12.1 Å².